The quantitative estimate of drug-likeness (QED) is 0.678. The van der Waals surface area contributed by atoms with Crippen LogP contribution < -0.4 is 9.64 Å². The van der Waals surface area contributed by atoms with Gasteiger partial charge in [0.15, 0.2) is 0 Å². The molecule has 0 aliphatic heterocycles. The van der Waals surface area contributed by atoms with Gasteiger partial charge in [0.25, 0.3) is 5.91 Å². The first-order valence-electron chi connectivity index (χ1n) is 7.70. The van der Waals surface area contributed by atoms with Crippen molar-refractivity contribution in [1.29, 1.82) is 0 Å². The Morgan fingerprint density at radius 1 is 1.20 bits per heavy atom. The second-order valence-corrected chi connectivity index (χ2v) is 6.49. The highest BCUT2D eigenvalue weighted by molar-refractivity contribution is 7.09. The van der Waals surface area contributed by atoms with Gasteiger partial charge in [-0.2, -0.15) is 0 Å². The van der Waals surface area contributed by atoms with Crippen molar-refractivity contribution in [2.45, 2.75) is 13.5 Å². The number of thiazole rings is 1. The van der Waals surface area contributed by atoms with E-state index in [2.05, 4.69) is 4.98 Å². The molecule has 0 N–H and O–H groups in total. The minimum Gasteiger partial charge on any atom is -0.496 e. The molecule has 128 valence electrons. The smallest absolute Gasteiger partial charge is 0.262 e. The van der Waals surface area contributed by atoms with Gasteiger partial charge in [-0.15, -0.1) is 11.3 Å². The summed E-state index contributed by atoms with van der Waals surface area (Å²) in [4.78, 5) is 19.2. The van der Waals surface area contributed by atoms with E-state index in [4.69, 9.17) is 4.74 Å². The molecule has 0 fully saturated rings. The molecular formula is C19H17FN2O2S. The topological polar surface area (TPSA) is 42.4 Å². The number of nitrogens with zero attached hydrogens (tertiary/aromatic N) is 2. The number of benzene rings is 2. The molecule has 3 aromatic rings. The molecule has 2 aromatic carbocycles. The average Bonchev–Trinajstić information content (AvgIpc) is 3.05. The maximum atomic E-state index is 13.3. The number of aryl methyl sites for hydroxylation is 1. The Hall–Kier alpha value is -2.73. The Morgan fingerprint density at radius 2 is 1.92 bits per heavy atom. The van der Waals surface area contributed by atoms with Crippen LogP contribution in [0.25, 0.3) is 0 Å². The number of rotatable bonds is 5. The summed E-state index contributed by atoms with van der Waals surface area (Å²) in [5.74, 6) is -0.0817. The zero-order chi connectivity index (χ0) is 17.8. The number of carbonyl (C=O) groups excluding carboxylic acids is 1. The summed E-state index contributed by atoms with van der Waals surface area (Å²) in [6, 6.07) is 12.9. The van der Waals surface area contributed by atoms with Gasteiger partial charge in [-0.1, -0.05) is 12.1 Å². The van der Waals surface area contributed by atoms with Gasteiger partial charge in [-0.05, 0) is 43.3 Å². The van der Waals surface area contributed by atoms with E-state index < -0.39 is 0 Å². The highest BCUT2D eigenvalue weighted by atomic mass is 32.1. The molecule has 0 unspecified atom stereocenters. The monoisotopic (exact) mass is 356 g/mol. The summed E-state index contributed by atoms with van der Waals surface area (Å²) in [6.45, 7) is 2.21. The molecule has 0 bridgehead atoms. The van der Waals surface area contributed by atoms with Crippen molar-refractivity contribution in [3.63, 3.8) is 0 Å². The number of ether oxygens (including phenoxy) is 1. The Balaban J connectivity index is 2.00. The zero-order valence-electron chi connectivity index (χ0n) is 13.9. The van der Waals surface area contributed by atoms with Crippen molar-refractivity contribution < 1.29 is 13.9 Å². The molecule has 4 nitrogen and oxygen atoms in total. The molecule has 3 rings (SSSR count). The second-order valence-electron chi connectivity index (χ2n) is 5.43. The Labute approximate surface area is 149 Å². The standard InChI is InChI=1S/C19H17FN2O2S/c1-13-21-15(12-25-13)11-22(16-9-7-14(20)8-10-16)19(23)17-5-3-4-6-18(17)24-2/h3-10,12H,11H2,1-2H3. The lowest BCUT2D eigenvalue weighted by Gasteiger charge is -2.23. The molecule has 0 saturated heterocycles. The number of aromatic nitrogens is 1. The number of hydrogen-bond donors (Lipinski definition) is 0. The van der Waals surface area contributed by atoms with Crippen LogP contribution in [0.1, 0.15) is 21.1 Å². The molecular weight excluding hydrogens is 339 g/mol. The number of carbonyl (C=O) groups is 1. The lowest BCUT2D eigenvalue weighted by molar-refractivity contribution is 0.0982. The lowest BCUT2D eigenvalue weighted by Crippen LogP contribution is -2.31. The summed E-state index contributed by atoms with van der Waals surface area (Å²) in [6.07, 6.45) is 0. The van der Waals surface area contributed by atoms with E-state index >= 15 is 0 Å². The maximum Gasteiger partial charge on any atom is 0.262 e. The van der Waals surface area contributed by atoms with E-state index in [0.29, 0.717) is 23.5 Å². The number of para-hydroxylation sites is 1. The number of halogens is 1. The highest BCUT2D eigenvalue weighted by Crippen LogP contribution is 2.25. The first-order chi connectivity index (χ1) is 12.1. The largest absolute Gasteiger partial charge is 0.496 e. The fourth-order valence-corrected chi connectivity index (χ4v) is 3.11. The predicted molar refractivity (Wildman–Crippen MR) is 96.8 cm³/mol. The van der Waals surface area contributed by atoms with Crippen LogP contribution in [0.4, 0.5) is 10.1 Å². The van der Waals surface area contributed by atoms with Crippen molar-refractivity contribution in [3.8, 4) is 5.75 Å². The van der Waals surface area contributed by atoms with E-state index in [1.165, 1.54) is 30.6 Å². The first kappa shape index (κ1) is 17.1. The van der Waals surface area contributed by atoms with Crippen LogP contribution in [-0.2, 0) is 6.54 Å². The summed E-state index contributed by atoms with van der Waals surface area (Å²) < 4.78 is 18.6. The average molecular weight is 356 g/mol. The highest BCUT2D eigenvalue weighted by Gasteiger charge is 2.22. The van der Waals surface area contributed by atoms with Gasteiger partial charge in [-0.25, -0.2) is 9.37 Å². The second kappa shape index (κ2) is 7.44. The molecule has 0 saturated carbocycles. The van der Waals surface area contributed by atoms with Gasteiger partial charge in [0.2, 0.25) is 0 Å². The molecule has 0 radical (unpaired) electrons. The van der Waals surface area contributed by atoms with E-state index in [0.717, 1.165) is 10.7 Å². The van der Waals surface area contributed by atoms with Gasteiger partial charge >= 0.3 is 0 Å². The minimum absolute atomic E-state index is 0.227. The third-order valence-electron chi connectivity index (χ3n) is 3.71. The van der Waals surface area contributed by atoms with Gasteiger partial charge < -0.3 is 9.64 Å². The van der Waals surface area contributed by atoms with E-state index in [1.807, 2.05) is 18.4 Å². The predicted octanol–water partition coefficient (Wildman–Crippen LogP) is 4.45. The Bertz CT molecular complexity index is 877. The van der Waals surface area contributed by atoms with Crippen LogP contribution in [0.5, 0.6) is 5.75 Å². The van der Waals surface area contributed by atoms with Crippen LogP contribution in [0.3, 0.4) is 0 Å². The van der Waals surface area contributed by atoms with Crippen molar-refractivity contribution >= 4 is 22.9 Å². The van der Waals surface area contributed by atoms with Crippen molar-refractivity contribution in [1.82, 2.24) is 4.98 Å². The summed E-state index contributed by atoms with van der Waals surface area (Å²) >= 11 is 1.53. The van der Waals surface area contributed by atoms with Crippen molar-refractivity contribution in [3.05, 3.63) is 76.0 Å². The van der Waals surface area contributed by atoms with Gasteiger partial charge in [0.05, 0.1) is 29.9 Å². The van der Waals surface area contributed by atoms with Crippen LogP contribution in [0.15, 0.2) is 53.9 Å². The summed E-state index contributed by atoms with van der Waals surface area (Å²) in [5.41, 5.74) is 1.83. The summed E-state index contributed by atoms with van der Waals surface area (Å²) in [5, 5.41) is 2.85. The van der Waals surface area contributed by atoms with Crippen LogP contribution >= 0.6 is 11.3 Å². The molecule has 25 heavy (non-hydrogen) atoms. The molecule has 0 aliphatic carbocycles. The van der Waals surface area contributed by atoms with Crippen molar-refractivity contribution in [2.75, 3.05) is 12.0 Å². The fraction of sp³-hybridized carbons (Fsp3) is 0.158. The van der Waals surface area contributed by atoms with Crippen LogP contribution in [0.2, 0.25) is 0 Å². The SMILES string of the molecule is COc1ccccc1C(=O)N(Cc1csc(C)n1)c1ccc(F)cc1. The number of hydrogen-bond acceptors (Lipinski definition) is 4. The zero-order valence-corrected chi connectivity index (χ0v) is 14.7. The van der Waals surface area contributed by atoms with E-state index in [9.17, 15) is 9.18 Å². The molecule has 0 spiro atoms. The maximum absolute atomic E-state index is 13.3. The van der Waals surface area contributed by atoms with Gasteiger partial charge in [-0.3, -0.25) is 4.79 Å². The first-order valence-corrected chi connectivity index (χ1v) is 8.58. The lowest BCUT2D eigenvalue weighted by atomic mass is 10.1. The third-order valence-corrected chi connectivity index (χ3v) is 4.53. The molecule has 1 amide bonds. The van der Waals surface area contributed by atoms with Crippen LogP contribution in [0, 0.1) is 12.7 Å². The number of methoxy groups -OCH3 is 1. The Kier molecular flexibility index (Phi) is 5.09. The molecule has 6 heteroatoms. The van der Waals surface area contributed by atoms with Gasteiger partial charge in [0, 0.05) is 11.1 Å². The van der Waals surface area contributed by atoms with E-state index in [1.54, 1.807) is 35.2 Å². The minimum atomic E-state index is -0.349. The van der Waals surface area contributed by atoms with E-state index in [-0.39, 0.29) is 11.7 Å². The normalized spacial score (nSPS) is 10.5. The fourth-order valence-electron chi connectivity index (χ4n) is 2.51. The number of amides is 1. The molecule has 0 aliphatic rings. The third kappa shape index (κ3) is 3.85. The number of anilines is 1. The molecule has 1 heterocycles. The van der Waals surface area contributed by atoms with Crippen LogP contribution in [-0.4, -0.2) is 18.0 Å². The summed E-state index contributed by atoms with van der Waals surface area (Å²) in [7, 11) is 1.53. The van der Waals surface area contributed by atoms with Gasteiger partial charge in [0.1, 0.15) is 11.6 Å². The van der Waals surface area contributed by atoms with Crippen molar-refractivity contribution in [2.24, 2.45) is 0 Å². The molecule has 1 aromatic heterocycles. The Morgan fingerprint density at radius 3 is 2.56 bits per heavy atom. The molecule has 0 atom stereocenters.